The van der Waals surface area contributed by atoms with Crippen LogP contribution in [0.5, 0.6) is 5.75 Å². The van der Waals surface area contributed by atoms with Gasteiger partial charge >= 0.3 is 0 Å². The number of nitrogens with zero attached hydrogens (tertiary/aromatic N) is 4. The first-order chi connectivity index (χ1) is 12.7. The quantitative estimate of drug-likeness (QED) is 0.888. The average molecular weight is 351 g/mol. The third-order valence-corrected chi connectivity index (χ3v) is 4.39. The molecule has 0 spiro atoms. The first-order valence-electron chi connectivity index (χ1n) is 8.66. The number of aromatic nitrogens is 2. The predicted molar refractivity (Wildman–Crippen MR) is 96.5 cm³/mol. The zero-order chi connectivity index (χ0) is 18.4. The molecule has 2 heterocycles. The highest BCUT2D eigenvalue weighted by molar-refractivity contribution is 5.81. The van der Waals surface area contributed by atoms with Gasteiger partial charge in [0.15, 0.2) is 6.10 Å². The second kappa shape index (κ2) is 8.30. The van der Waals surface area contributed by atoms with Gasteiger partial charge in [0.2, 0.25) is 0 Å². The summed E-state index contributed by atoms with van der Waals surface area (Å²) in [6, 6.07) is 13.0. The summed E-state index contributed by atoms with van der Waals surface area (Å²) >= 11 is 0. The average Bonchev–Trinajstić information content (AvgIpc) is 2.69. The first kappa shape index (κ1) is 17.7. The molecule has 7 heteroatoms. The van der Waals surface area contributed by atoms with Crippen LogP contribution in [0.2, 0.25) is 0 Å². The van der Waals surface area contributed by atoms with Crippen LogP contribution in [-0.4, -0.2) is 46.2 Å². The zero-order valence-electron chi connectivity index (χ0n) is 14.6. The van der Waals surface area contributed by atoms with E-state index in [1.165, 1.54) is 0 Å². The van der Waals surface area contributed by atoms with E-state index in [0.29, 0.717) is 24.4 Å². The fourth-order valence-electron chi connectivity index (χ4n) is 2.99. The number of hydrogen-bond acceptors (Lipinski definition) is 6. The minimum Gasteiger partial charge on any atom is -0.480 e. The Bertz CT molecular complexity index is 782. The standard InChI is InChI=1S/C19H21N5O2/c1-14(26-17-6-3-2-5-15(17)13-20)19(25)24-11-8-16(9-12-24)22-18-7-4-10-21-23-18/h2-7,10,14,16H,8-9,11-12H2,1H3,(H,22,23). The molecular formula is C19H21N5O2. The number of carbonyl (C=O) groups is 1. The second-order valence-corrected chi connectivity index (χ2v) is 6.22. The highest BCUT2D eigenvalue weighted by Gasteiger charge is 2.27. The molecule has 1 aliphatic rings. The summed E-state index contributed by atoms with van der Waals surface area (Å²) in [4.78, 5) is 14.5. The minimum atomic E-state index is -0.631. The molecule has 1 N–H and O–H groups in total. The molecule has 0 saturated carbocycles. The van der Waals surface area contributed by atoms with E-state index in [9.17, 15) is 4.79 Å². The molecule has 26 heavy (non-hydrogen) atoms. The van der Waals surface area contributed by atoms with Crippen LogP contribution in [0.3, 0.4) is 0 Å². The van der Waals surface area contributed by atoms with Crippen molar-refractivity contribution in [1.82, 2.24) is 15.1 Å². The van der Waals surface area contributed by atoms with Crippen molar-refractivity contribution in [3.8, 4) is 11.8 Å². The van der Waals surface area contributed by atoms with Gasteiger partial charge in [-0.05, 0) is 44.0 Å². The Morgan fingerprint density at radius 2 is 2.08 bits per heavy atom. The highest BCUT2D eigenvalue weighted by Crippen LogP contribution is 2.20. The summed E-state index contributed by atoms with van der Waals surface area (Å²) < 4.78 is 5.73. The fraction of sp³-hybridized carbons (Fsp3) is 0.368. The first-order valence-corrected chi connectivity index (χ1v) is 8.66. The summed E-state index contributed by atoms with van der Waals surface area (Å²) in [5, 5.41) is 20.4. The molecular weight excluding hydrogens is 330 g/mol. The van der Waals surface area contributed by atoms with Crippen molar-refractivity contribution in [2.75, 3.05) is 18.4 Å². The number of ether oxygens (including phenoxy) is 1. The lowest BCUT2D eigenvalue weighted by Gasteiger charge is -2.34. The highest BCUT2D eigenvalue weighted by atomic mass is 16.5. The molecule has 2 aromatic rings. The molecule has 0 radical (unpaired) electrons. The number of anilines is 1. The van der Waals surface area contributed by atoms with Crippen molar-refractivity contribution in [3.05, 3.63) is 48.2 Å². The van der Waals surface area contributed by atoms with Crippen molar-refractivity contribution in [2.24, 2.45) is 0 Å². The SMILES string of the molecule is CC(Oc1ccccc1C#N)C(=O)N1CCC(Nc2cccnn2)CC1. The van der Waals surface area contributed by atoms with E-state index < -0.39 is 6.10 Å². The van der Waals surface area contributed by atoms with Crippen molar-refractivity contribution < 1.29 is 9.53 Å². The van der Waals surface area contributed by atoms with Crippen LogP contribution in [0.25, 0.3) is 0 Å². The van der Waals surface area contributed by atoms with Crippen LogP contribution in [0.15, 0.2) is 42.6 Å². The molecule has 1 atom stereocenters. The van der Waals surface area contributed by atoms with E-state index in [0.717, 1.165) is 18.7 Å². The Kier molecular flexibility index (Phi) is 5.64. The number of benzene rings is 1. The lowest BCUT2D eigenvalue weighted by Crippen LogP contribution is -2.47. The maximum Gasteiger partial charge on any atom is 0.263 e. The summed E-state index contributed by atoms with van der Waals surface area (Å²) in [6.45, 7) is 3.04. The minimum absolute atomic E-state index is 0.0595. The lowest BCUT2D eigenvalue weighted by molar-refractivity contribution is -0.138. The van der Waals surface area contributed by atoms with E-state index in [4.69, 9.17) is 10.00 Å². The maximum atomic E-state index is 12.6. The van der Waals surface area contributed by atoms with E-state index in [-0.39, 0.29) is 11.9 Å². The largest absolute Gasteiger partial charge is 0.480 e. The third kappa shape index (κ3) is 4.28. The zero-order valence-corrected chi connectivity index (χ0v) is 14.6. The van der Waals surface area contributed by atoms with E-state index >= 15 is 0 Å². The predicted octanol–water partition coefficient (Wildman–Crippen LogP) is 2.22. The van der Waals surface area contributed by atoms with Crippen LogP contribution in [0.4, 0.5) is 5.82 Å². The van der Waals surface area contributed by atoms with E-state index in [1.807, 2.05) is 17.0 Å². The van der Waals surface area contributed by atoms with Gasteiger partial charge in [0, 0.05) is 25.3 Å². The van der Waals surface area contributed by atoms with Gasteiger partial charge in [0.25, 0.3) is 5.91 Å². The van der Waals surface area contributed by atoms with E-state index in [1.54, 1.807) is 37.4 Å². The Balaban J connectivity index is 1.52. The Morgan fingerprint density at radius 1 is 1.31 bits per heavy atom. The van der Waals surface area contributed by atoms with Gasteiger partial charge in [-0.15, -0.1) is 5.10 Å². The monoisotopic (exact) mass is 351 g/mol. The van der Waals surface area contributed by atoms with Crippen molar-refractivity contribution in [1.29, 1.82) is 5.26 Å². The second-order valence-electron chi connectivity index (χ2n) is 6.22. The number of carbonyl (C=O) groups excluding carboxylic acids is 1. The summed E-state index contributed by atoms with van der Waals surface area (Å²) in [5.74, 6) is 1.13. The molecule has 1 aromatic heterocycles. The van der Waals surface area contributed by atoms with Crippen LogP contribution in [0.1, 0.15) is 25.3 Å². The van der Waals surface area contributed by atoms with Gasteiger partial charge in [0.05, 0.1) is 5.56 Å². The molecule has 134 valence electrons. The normalized spacial score (nSPS) is 15.8. The third-order valence-electron chi connectivity index (χ3n) is 4.39. The number of nitrogens with one attached hydrogen (secondary N) is 1. The lowest BCUT2D eigenvalue weighted by atomic mass is 10.0. The van der Waals surface area contributed by atoms with Crippen LogP contribution < -0.4 is 10.1 Å². The number of amides is 1. The summed E-state index contributed by atoms with van der Waals surface area (Å²) in [5.41, 5.74) is 0.430. The number of nitriles is 1. The topological polar surface area (TPSA) is 91.1 Å². The Labute approximate surface area is 152 Å². The molecule has 0 aliphatic carbocycles. The molecule has 0 bridgehead atoms. The van der Waals surface area contributed by atoms with Crippen LogP contribution in [0, 0.1) is 11.3 Å². The molecule has 1 amide bonds. The number of hydrogen-bond donors (Lipinski definition) is 1. The fourth-order valence-corrected chi connectivity index (χ4v) is 2.99. The van der Waals surface area contributed by atoms with Gasteiger partial charge in [-0.25, -0.2) is 0 Å². The molecule has 1 fully saturated rings. The molecule has 3 rings (SSSR count). The van der Waals surface area contributed by atoms with Gasteiger partial charge in [-0.3, -0.25) is 4.79 Å². The van der Waals surface area contributed by atoms with Gasteiger partial charge in [0.1, 0.15) is 17.6 Å². The summed E-state index contributed by atoms with van der Waals surface area (Å²) in [6.07, 6.45) is 2.68. The van der Waals surface area contributed by atoms with Gasteiger partial charge in [-0.1, -0.05) is 12.1 Å². The number of piperidine rings is 1. The van der Waals surface area contributed by atoms with Crippen LogP contribution >= 0.6 is 0 Å². The van der Waals surface area contributed by atoms with Crippen molar-refractivity contribution in [2.45, 2.75) is 31.9 Å². The maximum absolute atomic E-state index is 12.6. The molecule has 1 aliphatic heterocycles. The van der Waals surface area contributed by atoms with Gasteiger partial charge in [-0.2, -0.15) is 10.4 Å². The molecule has 1 unspecified atom stereocenters. The van der Waals surface area contributed by atoms with E-state index in [2.05, 4.69) is 21.6 Å². The molecule has 7 nitrogen and oxygen atoms in total. The molecule has 1 aromatic carbocycles. The van der Waals surface area contributed by atoms with Crippen LogP contribution in [-0.2, 0) is 4.79 Å². The Morgan fingerprint density at radius 3 is 2.77 bits per heavy atom. The smallest absolute Gasteiger partial charge is 0.263 e. The van der Waals surface area contributed by atoms with Crippen molar-refractivity contribution >= 4 is 11.7 Å². The number of para-hydroxylation sites is 1. The number of likely N-dealkylation sites (tertiary alicyclic amines) is 1. The Hall–Kier alpha value is -3.14. The molecule has 1 saturated heterocycles. The number of rotatable bonds is 5. The van der Waals surface area contributed by atoms with Crippen molar-refractivity contribution in [3.63, 3.8) is 0 Å². The summed E-state index contributed by atoms with van der Waals surface area (Å²) in [7, 11) is 0. The van der Waals surface area contributed by atoms with Gasteiger partial charge < -0.3 is 15.0 Å².